The van der Waals surface area contributed by atoms with Gasteiger partial charge in [0, 0.05) is 27.1 Å². The molecule has 4 N–H and O–H groups in total. The fourth-order valence-corrected chi connectivity index (χ4v) is 5.00. The van der Waals surface area contributed by atoms with Gasteiger partial charge in [-0.2, -0.15) is 25.3 Å². The van der Waals surface area contributed by atoms with E-state index in [1.165, 1.54) is 6.92 Å². The first-order chi connectivity index (χ1) is 17.9. The highest BCUT2D eigenvalue weighted by molar-refractivity contribution is 7.81. The van der Waals surface area contributed by atoms with Gasteiger partial charge in [-0.3, -0.25) is 23.2 Å². The van der Waals surface area contributed by atoms with Crippen molar-refractivity contribution >= 4 is 43.0 Å². The van der Waals surface area contributed by atoms with Crippen LogP contribution in [0.3, 0.4) is 0 Å². The van der Waals surface area contributed by atoms with Crippen LogP contribution in [0.25, 0.3) is 0 Å². The molecule has 1 saturated heterocycles. The number of nitrogens with one attached hydrogen (secondary N) is 1. The Morgan fingerprint density at radius 2 is 1.41 bits per heavy atom. The molecule has 1 aliphatic rings. The van der Waals surface area contributed by atoms with Crippen molar-refractivity contribution in [3.8, 4) is 0 Å². The van der Waals surface area contributed by atoms with E-state index in [-0.39, 0.29) is 6.54 Å². The second-order valence-corrected chi connectivity index (χ2v) is 11.1. The van der Waals surface area contributed by atoms with E-state index in [0.29, 0.717) is 5.56 Å². The van der Waals surface area contributed by atoms with Crippen LogP contribution in [-0.2, 0) is 69.4 Å². The number of methoxy groups -OCH3 is 1. The molecule has 1 aliphatic heterocycles. The molecule has 39 heavy (non-hydrogen) atoms. The predicted octanol–water partition coefficient (Wildman–Crippen LogP) is -1.91. The number of amides is 2. The van der Waals surface area contributed by atoms with Crippen molar-refractivity contribution in [3.63, 3.8) is 0 Å². The Morgan fingerprint density at radius 3 is 1.90 bits per heavy atom. The summed E-state index contributed by atoms with van der Waals surface area (Å²) in [7, 11) is -15.4. The van der Waals surface area contributed by atoms with Gasteiger partial charge in [0.25, 0.3) is 0 Å². The number of hydrogen-bond acceptors (Lipinski definition) is 13. The van der Waals surface area contributed by atoms with Crippen LogP contribution in [0.1, 0.15) is 12.5 Å². The molecule has 0 saturated carbocycles. The van der Waals surface area contributed by atoms with E-state index >= 15 is 0 Å². The van der Waals surface area contributed by atoms with Crippen LogP contribution in [0, 0.1) is 0 Å². The van der Waals surface area contributed by atoms with Crippen molar-refractivity contribution in [2.24, 2.45) is 0 Å². The number of carbonyl (C=O) groups is 2. The summed E-state index contributed by atoms with van der Waals surface area (Å²) in [5.41, 5.74) is 0.704. The quantitative estimate of drug-likeness (QED) is 0.175. The Labute approximate surface area is 224 Å². The van der Waals surface area contributed by atoms with Gasteiger partial charge in [0.05, 0.1) is 6.54 Å². The minimum Gasteiger partial charge on any atom is -0.353 e. The second-order valence-electron chi connectivity index (χ2n) is 7.91. The van der Waals surface area contributed by atoms with E-state index < -0.39 is 86.8 Å². The molecule has 1 aromatic rings. The van der Waals surface area contributed by atoms with E-state index in [9.17, 15) is 39.4 Å². The fraction of sp³-hybridized carbons (Fsp3) is 0.556. The van der Waals surface area contributed by atoms with Gasteiger partial charge in [-0.05, 0) is 5.56 Å². The van der Waals surface area contributed by atoms with Gasteiger partial charge < -0.3 is 19.7 Å². The molecule has 2 rings (SSSR count). The van der Waals surface area contributed by atoms with Crippen molar-refractivity contribution in [3.05, 3.63) is 35.9 Å². The van der Waals surface area contributed by atoms with Gasteiger partial charge in [-0.25, -0.2) is 12.5 Å². The Balaban J connectivity index is 2.30. The summed E-state index contributed by atoms with van der Waals surface area (Å²) in [5, 5.41) is 2.28. The summed E-state index contributed by atoms with van der Waals surface area (Å²) in [6.45, 7) is 0.0583. The van der Waals surface area contributed by atoms with Crippen molar-refractivity contribution < 1.29 is 70.5 Å². The Bertz CT molecular complexity index is 1320. The summed E-state index contributed by atoms with van der Waals surface area (Å²) in [4.78, 5) is 25.8. The van der Waals surface area contributed by atoms with E-state index in [1.807, 2.05) is 0 Å². The molecular formula is C18H26N2O16S3. The maximum Gasteiger partial charge on any atom is 0.397 e. The maximum absolute atomic E-state index is 12.6. The molecule has 18 nitrogen and oxygen atoms in total. The molecule has 0 bridgehead atoms. The van der Waals surface area contributed by atoms with Gasteiger partial charge in [0.15, 0.2) is 12.4 Å². The number of ether oxygens (including phenoxy) is 2. The summed E-state index contributed by atoms with van der Waals surface area (Å²) < 4.78 is 119. The molecule has 21 heteroatoms. The number of hydrogen-bond donors (Lipinski definition) is 4. The zero-order valence-electron chi connectivity index (χ0n) is 20.2. The highest BCUT2D eigenvalue weighted by Crippen LogP contribution is 2.31. The van der Waals surface area contributed by atoms with Gasteiger partial charge in [-0.15, -0.1) is 0 Å². The smallest absolute Gasteiger partial charge is 0.353 e. The first-order valence-electron chi connectivity index (χ1n) is 10.6. The van der Waals surface area contributed by atoms with E-state index in [1.54, 1.807) is 30.3 Å². The zero-order valence-corrected chi connectivity index (χ0v) is 22.7. The Kier molecular flexibility index (Phi) is 11.3. The predicted molar refractivity (Wildman–Crippen MR) is 125 cm³/mol. The topological polar surface area (TPSA) is 259 Å². The van der Waals surface area contributed by atoms with Gasteiger partial charge in [-0.1, -0.05) is 30.3 Å². The monoisotopic (exact) mass is 622 g/mol. The van der Waals surface area contributed by atoms with Crippen LogP contribution in [-0.4, -0.2) is 107 Å². The first-order valence-corrected chi connectivity index (χ1v) is 14.7. The standard InChI is InChI=1S/C18H26N2O16S3/c1-11(21)20(9-12-6-4-3-5-7-12)10-14(22)19-8-13-15(34-37(23,24)25)16(35-38(26,27)28)17(18(32-2)33-13)36-39(29,30)31/h3-7,13,15-18H,8-10H2,1-2H3,(H,19,22)(H,23,24,25)(H,26,27,28)(H,29,30,31)/t13-,15-,16+,17+,18+/m1/s1. The van der Waals surface area contributed by atoms with Crippen LogP contribution in [0.4, 0.5) is 0 Å². The van der Waals surface area contributed by atoms with Crippen molar-refractivity contribution in [1.29, 1.82) is 0 Å². The minimum atomic E-state index is -5.50. The van der Waals surface area contributed by atoms with Crippen molar-refractivity contribution in [2.75, 3.05) is 20.2 Å². The number of carbonyl (C=O) groups excluding carboxylic acids is 2. The largest absolute Gasteiger partial charge is 0.397 e. The summed E-state index contributed by atoms with van der Waals surface area (Å²) >= 11 is 0. The molecule has 5 atom stereocenters. The van der Waals surface area contributed by atoms with Crippen molar-refractivity contribution in [1.82, 2.24) is 10.2 Å². The maximum atomic E-state index is 12.6. The molecule has 0 spiro atoms. The first kappa shape index (κ1) is 32.9. The van der Waals surface area contributed by atoms with Crippen LogP contribution in [0.2, 0.25) is 0 Å². The highest BCUT2D eigenvalue weighted by Gasteiger charge is 2.53. The summed E-state index contributed by atoms with van der Waals surface area (Å²) in [5.74, 6) is -1.28. The second kappa shape index (κ2) is 13.4. The highest BCUT2D eigenvalue weighted by atomic mass is 32.3. The molecule has 0 unspecified atom stereocenters. The van der Waals surface area contributed by atoms with Crippen LogP contribution >= 0.6 is 0 Å². The third-order valence-electron chi connectivity index (χ3n) is 5.02. The van der Waals surface area contributed by atoms with E-state index in [0.717, 1.165) is 12.0 Å². The molecule has 1 aromatic carbocycles. The van der Waals surface area contributed by atoms with Gasteiger partial charge in [0.2, 0.25) is 11.8 Å². The molecule has 0 aromatic heterocycles. The lowest BCUT2D eigenvalue weighted by molar-refractivity contribution is -0.273. The van der Waals surface area contributed by atoms with Crippen LogP contribution in [0.15, 0.2) is 30.3 Å². The third-order valence-corrected chi connectivity index (χ3v) is 6.41. The molecular weight excluding hydrogens is 596 g/mol. The lowest BCUT2D eigenvalue weighted by Gasteiger charge is -2.43. The van der Waals surface area contributed by atoms with Crippen LogP contribution in [0.5, 0.6) is 0 Å². The average molecular weight is 623 g/mol. The minimum absolute atomic E-state index is 0.0582. The average Bonchev–Trinajstić information content (AvgIpc) is 2.78. The Morgan fingerprint density at radius 1 is 0.897 bits per heavy atom. The zero-order chi connectivity index (χ0) is 29.6. The Hall–Kier alpha value is -2.31. The SMILES string of the molecule is CO[C@H]1O[C@H](CNC(=O)CN(Cc2ccccc2)C(C)=O)[C@@H](OS(=O)(=O)O)[C@H](OS(=O)(=O)O)[C@@H]1OS(=O)(=O)O. The van der Waals surface area contributed by atoms with E-state index in [2.05, 4.69) is 17.9 Å². The molecule has 0 radical (unpaired) electrons. The van der Waals surface area contributed by atoms with Gasteiger partial charge in [0.1, 0.15) is 18.3 Å². The van der Waals surface area contributed by atoms with Crippen LogP contribution < -0.4 is 5.32 Å². The summed E-state index contributed by atoms with van der Waals surface area (Å²) in [6, 6.07) is 8.62. The third kappa shape index (κ3) is 11.4. The van der Waals surface area contributed by atoms with E-state index in [4.69, 9.17) is 18.6 Å². The molecule has 1 fully saturated rings. The normalized spacial score (nSPS) is 24.2. The molecule has 1 heterocycles. The van der Waals surface area contributed by atoms with Gasteiger partial charge >= 0.3 is 31.2 Å². The number of rotatable bonds is 13. The summed E-state index contributed by atoms with van der Waals surface area (Å²) in [6.07, 6.45) is -10.8. The number of benzene rings is 1. The molecule has 0 aliphatic carbocycles. The van der Waals surface area contributed by atoms with Crippen molar-refractivity contribution in [2.45, 2.75) is 44.2 Å². The number of nitrogens with zero attached hydrogens (tertiary/aromatic N) is 1. The fourth-order valence-electron chi connectivity index (χ4n) is 3.51. The lowest BCUT2D eigenvalue weighted by atomic mass is 9.99. The molecule has 2 amide bonds. The lowest BCUT2D eigenvalue weighted by Crippen LogP contribution is -2.63. The molecule has 222 valence electrons.